The van der Waals surface area contributed by atoms with E-state index in [9.17, 15) is 5.26 Å². The van der Waals surface area contributed by atoms with Crippen LogP contribution in [0.4, 0.5) is 5.69 Å². The average Bonchev–Trinajstić information content (AvgIpc) is 3.56. The van der Waals surface area contributed by atoms with Gasteiger partial charge in [-0.25, -0.2) is 4.98 Å². The summed E-state index contributed by atoms with van der Waals surface area (Å²) in [5.41, 5.74) is 2.75. The second kappa shape index (κ2) is 11.5. The van der Waals surface area contributed by atoms with Gasteiger partial charge in [0.1, 0.15) is 0 Å². The van der Waals surface area contributed by atoms with Crippen LogP contribution in [0.1, 0.15) is 24.1 Å². The third kappa shape index (κ3) is 5.20. The fraction of sp³-hybridized carbons (Fsp3) is 0.478. The Balaban J connectivity index is 0.00000162. The summed E-state index contributed by atoms with van der Waals surface area (Å²) in [5, 5.41) is 18.7. The Morgan fingerprint density at radius 3 is 2.85 bits per heavy atom. The van der Waals surface area contributed by atoms with E-state index in [4.69, 9.17) is 4.42 Å². The number of hydrogen-bond donors (Lipinski definition) is 0. The van der Waals surface area contributed by atoms with Crippen LogP contribution >= 0.6 is 36.6 Å². The predicted molar refractivity (Wildman–Crippen MR) is 138 cm³/mol. The van der Waals surface area contributed by atoms with Crippen molar-refractivity contribution in [1.82, 2.24) is 24.6 Å². The lowest BCUT2D eigenvalue weighted by Crippen LogP contribution is -2.35. The van der Waals surface area contributed by atoms with Crippen LogP contribution in [-0.2, 0) is 7.05 Å². The van der Waals surface area contributed by atoms with Crippen molar-refractivity contribution in [3.05, 3.63) is 41.9 Å². The van der Waals surface area contributed by atoms with E-state index in [-0.39, 0.29) is 24.8 Å². The molecule has 0 amide bonds. The molecular weight excluding hydrogens is 493 g/mol. The van der Waals surface area contributed by atoms with E-state index in [1.165, 1.54) is 25.0 Å². The highest BCUT2D eigenvalue weighted by atomic mass is 35.5. The van der Waals surface area contributed by atoms with E-state index in [0.29, 0.717) is 11.8 Å². The van der Waals surface area contributed by atoms with Gasteiger partial charge in [0.05, 0.1) is 17.3 Å². The van der Waals surface area contributed by atoms with Crippen molar-refractivity contribution in [2.45, 2.75) is 31.0 Å². The van der Waals surface area contributed by atoms with Gasteiger partial charge in [0.15, 0.2) is 17.3 Å². The lowest BCUT2D eigenvalue weighted by atomic mass is 10.0. The molecule has 0 spiro atoms. The number of nitrogens with zero attached hydrogens (tertiary/aromatic N) is 7. The SMILES string of the molecule is Cc1ncoc1-c1nnc(SCCCN2C[C@H]3CCN(c4cccc(C#N)c4)[C@H]3C2)n1C.Cl.Cl. The predicted octanol–water partition coefficient (Wildman–Crippen LogP) is 4.19. The van der Waals surface area contributed by atoms with Crippen molar-refractivity contribution in [3.63, 3.8) is 0 Å². The lowest BCUT2D eigenvalue weighted by Gasteiger charge is -2.27. The Morgan fingerprint density at radius 2 is 2.09 bits per heavy atom. The molecule has 0 aliphatic carbocycles. The van der Waals surface area contributed by atoms with E-state index < -0.39 is 0 Å². The number of rotatable bonds is 7. The molecule has 1 aromatic carbocycles. The Hall–Kier alpha value is -2.25. The number of hydrogen-bond acceptors (Lipinski definition) is 8. The highest BCUT2D eigenvalue weighted by molar-refractivity contribution is 7.99. The molecule has 2 aromatic heterocycles. The minimum atomic E-state index is 0. The van der Waals surface area contributed by atoms with Crippen LogP contribution in [0.15, 0.2) is 40.2 Å². The zero-order chi connectivity index (χ0) is 22.1. The summed E-state index contributed by atoms with van der Waals surface area (Å²) >= 11 is 1.74. The highest BCUT2D eigenvalue weighted by Gasteiger charge is 2.41. The first-order chi connectivity index (χ1) is 15.6. The molecule has 182 valence electrons. The van der Waals surface area contributed by atoms with Crippen molar-refractivity contribution < 1.29 is 4.42 Å². The molecular formula is C23H29Cl2N7OS. The van der Waals surface area contributed by atoms with Gasteiger partial charge in [-0.15, -0.1) is 35.0 Å². The number of likely N-dealkylation sites (tertiary alicyclic amines) is 1. The molecule has 0 unspecified atom stereocenters. The quantitative estimate of drug-likeness (QED) is 0.337. The number of benzene rings is 1. The van der Waals surface area contributed by atoms with E-state index in [1.54, 1.807) is 11.8 Å². The van der Waals surface area contributed by atoms with Gasteiger partial charge in [-0.2, -0.15) is 5.26 Å². The molecule has 3 aromatic rings. The van der Waals surface area contributed by atoms with Crippen LogP contribution in [0.5, 0.6) is 0 Å². The fourth-order valence-corrected chi connectivity index (χ4v) is 5.75. The van der Waals surface area contributed by atoms with Crippen molar-refractivity contribution in [2.24, 2.45) is 13.0 Å². The smallest absolute Gasteiger partial charge is 0.202 e. The molecule has 2 saturated heterocycles. The first-order valence-electron chi connectivity index (χ1n) is 11.1. The second-order valence-corrected chi connectivity index (χ2v) is 9.63. The van der Waals surface area contributed by atoms with Gasteiger partial charge in [-0.1, -0.05) is 17.8 Å². The van der Waals surface area contributed by atoms with Crippen LogP contribution in [0, 0.1) is 24.2 Å². The van der Waals surface area contributed by atoms with Crippen LogP contribution < -0.4 is 4.90 Å². The van der Waals surface area contributed by atoms with Crippen LogP contribution in [0.2, 0.25) is 0 Å². The lowest BCUT2D eigenvalue weighted by molar-refractivity contribution is 0.319. The van der Waals surface area contributed by atoms with Gasteiger partial charge in [0.25, 0.3) is 0 Å². The minimum absolute atomic E-state index is 0. The summed E-state index contributed by atoms with van der Waals surface area (Å²) in [5.74, 6) is 3.12. The van der Waals surface area contributed by atoms with Gasteiger partial charge in [-0.3, -0.25) is 0 Å². The maximum Gasteiger partial charge on any atom is 0.202 e. The molecule has 2 fully saturated rings. The molecule has 2 atom stereocenters. The van der Waals surface area contributed by atoms with E-state index in [2.05, 4.69) is 37.1 Å². The Labute approximate surface area is 216 Å². The molecule has 0 radical (unpaired) electrons. The number of aryl methyl sites for hydroxylation is 1. The number of anilines is 1. The molecule has 34 heavy (non-hydrogen) atoms. The summed E-state index contributed by atoms with van der Waals surface area (Å²) in [6, 6.07) is 10.9. The monoisotopic (exact) mass is 521 g/mol. The molecule has 2 aliphatic rings. The van der Waals surface area contributed by atoms with Crippen LogP contribution in [0.3, 0.4) is 0 Å². The zero-order valence-corrected chi connectivity index (χ0v) is 21.7. The van der Waals surface area contributed by atoms with Crippen molar-refractivity contribution in [1.29, 1.82) is 5.26 Å². The van der Waals surface area contributed by atoms with Gasteiger partial charge in [0, 0.05) is 44.2 Å². The van der Waals surface area contributed by atoms with Gasteiger partial charge in [0.2, 0.25) is 5.82 Å². The van der Waals surface area contributed by atoms with E-state index in [1.807, 2.05) is 36.7 Å². The Kier molecular flexibility index (Phi) is 8.88. The van der Waals surface area contributed by atoms with Crippen molar-refractivity contribution in [3.8, 4) is 17.7 Å². The third-order valence-electron chi connectivity index (χ3n) is 6.56. The summed E-state index contributed by atoms with van der Waals surface area (Å²) in [6.07, 6.45) is 3.78. The van der Waals surface area contributed by atoms with Gasteiger partial charge in [-0.05, 0) is 50.4 Å². The zero-order valence-electron chi connectivity index (χ0n) is 19.3. The van der Waals surface area contributed by atoms with Crippen LogP contribution in [-0.4, -0.2) is 62.6 Å². The van der Waals surface area contributed by atoms with Crippen molar-refractivity contribution in [2.75, 3.05) is 36.8 Å². The maximum absolute atomic E-state index is 9.22. The molecule has 4 heterocycles. The highest BCUT2D eigenvalue weighted by Crippen LogP contribution is 2.35. The molecule has 0 N–H and O–H groups in total. The number of fused-ring (bicyclic) bond motifs is 1. The summed E-state index contributed by atoms with van der Waals surface area (Å²) in [6.45, 7) is 6.37. The maximum atomic E-state index is 9.22. The van der Waals surface area contributed by atoms with E-state index >= 15 is 0 Å². The standard InChI is InChI=1S/C23H27N7OS.2ClH/c1-16-21(31-15-25-16)22-26-27-23(28(22)2)32-10-4-8-29-13-18-7-9-30(20(18)14-29)19-6-3-5-17(11-19)12-24;;/h3,5-6,11,15,18,20H,4,7-10,13-14H2,1-2H3;2*1H/t18-,20+;;/m1../s1. The number of halogens is 2. The Morgan fingerprint density at radius 1 is 1.24 bits per heavy atom. The average molecular weight is 523 g/mol. The third-order valence-corrected chi connectivity index (χ3v) is 7.67. The molecule has 0 saturated carbocycles. The van der Waals surface area contributed by atoms with Gasteiger partial charge < -0.3 is 18.8 Å². The number of thioether (sulfide) groups is 1. The van der Waals surface area contributed by atoms with E-state index in [0.717, 1.165) is 60.0 Å². The number of nitriles is 1. The largest absolute Gasteiger partial charge is 0.440 e. The topological polar surface area (TPSA) is 87.0 Å². The first-order valence-corrected chi connectivity index (χ1v) is 12.0. The number of oxazole rings is 1. The second-order valence-electron chi connectivity index (χ2n) is 8.57. The fourth-order valence-electron chi connectivity index (χ4n) is 4.91. The van der Waals surface area contributed by atoms with Crippen LogP contribution in [0.25, 0.3) is 11.6 Å². The molecule has 0 bridgehead atoms. The summed E-state index contributed by atoms with van der Waals surface area (Å²) in [7, 11) is 1.97. The molecule has 11 heteroatoms. The normalized spacial score (nSPS) is 19.4. The molecule has 2 aliphatic heterocycles. The van der Waals surface area contributed by atoms with Gasteiger partial charge >= 0.3 is 0 Å². The summed E-state index contributed by atoms with van der Waals surface area (Å²) < 4.78 is 7.43. The molecule has 8 nitrogen and oxygen atoms in total. The summed E-state index contributed by atoms with van der Waals surface area (Å²) in [4.78, 5) is 9.24. The first kappa shape index (κ1) is 26.4. The molecule has 5 rings (SSSR count). The minimum Gasteiger partial charge on any atom is -0.440 e. The Bertz CT molecular complexity index is 1140. The number of aromatic nitrogens is 4. The van der Waals surface area contributed by atoms with Crippen molar-refractivity contribution >= 4 is 42.3 Å².